The molecule has 10 heteroatoms. The minimum atomic E-state index is -3.55. The number of amides is 1. The molecule has 1 N–H and O–H groups in total. The highest BCUT2D eigenvalue weighted by molar-refractivity contribution is 7.54. The summed E-state index contributed by atoms with van der Waals surface area (Å²) in [7, 11) is 0.950. The van der Waals surface area contributed by atoms with Crippen molar-refractivity contribution >= 4 is 25.4 Å². The molecule has 1 unspecified atom stereocenters. The topological polar surface area (TPSA) is 117 Å². The molecule has 0 fully saturated rings. The van der Waals surface area contributed by atoms with E-state index in [2.05, 4.69) is 23.8 Å². The van der Waals surface area contributed by atoms with Crippen LogP contribution in [0.15, 0.2) is 0 Å². The van der Waals surface area contributed by atoms with Gasteiger partial charge >= 0.3 is 19.5 Å². The molecule has 0 aliphatic heterocycles. The van der Waals surface area contributed by atoms with Crippen molar-refractivity contribution < 1.29 is 37.5 Å². The lowest BCUT2D eigenvalue weighted by Gasteiger charge is -2.17. The summed E-state index contributed by atoms with van der Waals surface area (Å²) < 4.78 is 29.8. The van der Waals surface area contributed by atoms with Gasteiger partial charge in [-0.2, -0.15) is 0 Å². The van der Waals surface area contributed by atoms with Gasteiger partial charge in [0.15, 0.2) is 0 Å². The number of esters is 2. The number of carbonyl (C=O) groups is 3. The zero-order valence-corrected chi connectivity index (χ0v) is 12.6. The molecule has 0 saturated heterocycles. The van der Waals surface area contributed by atoms with E-state index in [1.165, 1.54) is 0 Å². The van der Waals surface area contributed by atoms with Crippen LogP contribution in [0.1, 0.15) is 6.42 Å². The molecule has 20 heavy (non-hydrogen) atoms. The van der Waals surface area contributed by atoms with Gasteiger partial charge in [0.05, 0.1) is 20.6 Å². The van der Waals surface area contributed by atoms with E-state index < -0.39 is 44.1 Å². The molecule has 0 aromatic heterocycles. The van der Waals surface area contributed by atoms with Crippen molar-refractivity contribution in [2.75, 3.05) is 34.6 Å². The average molecular weight is 311 g/mol. The summed E-state index contributed by atoms with van der Waals surface area (Å²) in [5.74, 6) is -2.31. The molecule has 1 atom stereocenters. The van der Waals surface area contributed by atoms with E-state index in [0.29, 0.717) is 0 Å². The normalized spacial score (nSPS) is 12.4. The quantitative estimate of drug-likeness (QED) is 0.479. The lowest BCUT2D eigenvalue weighted by molar-refractivity contribution is -0.150. The zero-order valence-electron chi connectivity index (χ0n) is 11.7. The number of ether oxygens (including phenoxy) is 2. The Kier molecular flexibility index (Phi) is 8.05. The third kappa shape index (κ3) is 6.14. The summed E-state index contributed by atoms with van der Waals surface area (Å²) in [4.78, 5) is 34.2. The Balaban J connectivity index is 4.73. The second kappa shape index (κ2) is 8.68. The van der Waals surface area contributed by atoms with E-state index in [0.717, 1.165) is 28.4 Å². The van der Waals surface area contributed by atoms with Crippen LogP contribution in [0.2, 0.25) is 0 Å². The molecule has 0 aromatic rings. The van der Waals surface area contributed by atoms with Gasteiger partial charge in [-0.3, -0.25) is 14.2 Å². The smallest absolute Gasteiger partial charge is 0.339 e. The highest BCUT2D eigenvalue weighted by Gasteiger charge is 2.30. The number of nitrogens with one attached hydrogen (secondary N) is 1. The average Bonchev–Trinajstić information content (AvgIpc) is 2.45. The van der Waals surface area contributed by atoms with E-state index in [-0.39, 0.29) is 0 Å². The van der Waals surface area contributed by atoms with Crippen LogP contribution in [-0.2, 0) is 37.5 Å². The van der Waals surface area contributed by atoms with Gasteiger partial charge < -0.3 is 23.8 Å². The molecule has 0 saturated carbocycles. The minimum absolute atomic E-state index is 0.404. The largest absolute Gasteiger partial charge is 0.469 e. The number of hydrogen-bond donors (Lipinski definition) is 1. The minimum Gasteiger partial charge on any atom is -0.469 e. The Morgan fingerprint density at radius 1 is 1.05 bits per heavy atom. The molecule has 0 rings (SSSR count). The maximum Gasteiger partial charge on any atom is 0.339 e. The SMILES string of the molecule is COC(=O)CC(NC(=O)CP(=O)(OC)OC)C(=O)OC. The van der Waals surface area contributed by atoms with Crippen molar-refractivity contribution in [2.45, 2.75) is 12.5 Å². The first-order valence-electron chi connectivity index (χ1n) is 5.46. The summed E-state index contributed by atoms with van der Waals surface area (Å²) in [5, 5.41) is 2.21. The lowest BCUT2D eigenvalue weighted by atomic mass is 10.2. The second-order valence-electron chi connectivity index (χ2n) is 3.56. The number of hydrogen-bond acceptors (Lipinski definition) is 8. The molecular weight excluding hydrogens is 293 g/mol. The van der Waals surface area contributed by atoms with Crippen LogP contribution in [0.5, 0.6) is 0 Å². The van der Waals surface area contributed by atoms with Gasteiger partial charge in [-0.05, 0) is 0 Å². The summed E-state index contributed by atoms with van der Waals surface area (Å²) in [5.41, 5.74) is 0. The van der Waals surface area contributed by atoms with E-state index in [9.17, 15) is 18.9 Å². The summed E-state index contributed by atoms with van der Waals surface area (Å²) in [6.45, 7) is 0. The first-order chi connectivity index (χ1) is 9.31. The molecule has 0 spiro atoms. The predicted octanol–water partition coefficient (Wildman–Crippen LogP) is -0.307. The fourth-order valence-electron chi connectivity index (χ4n) is 1.21. The Morgan fingerprint density at radius 3 is 2.00 bits per heavy atom. The van der Waals surface area contributed by atoms with Crippen LogP contribution in [0.4, 0.5) is 0 Å². The van der Waals surface area contributed by atoms with Gasteiger partial charge in [-0.25, -0.2) is 4.79 Å². The van der Waals surface area contributed by atoms with Crippen LogP contribution >= 0.6 is 7.60 Å². The van der Waals surface area contributed by atoms with Crippen LogP contribution in [-0.4, -0.2) is 58.5 Å². The molecule has 1 amide bonds. The van der Waals surface area contributed by atoms with Crippen LogP contribution in [0.25, 0.3) is 0 Å². The molecule has 0 bridgehead atoms. The molecule has 116 valence electrons. The predicted molar refractivity (Wildman–Crippen MR) is 67.1 cm³/mol. The Labute approximate surface area is 116 Å². The van der Waals surface area contributed by atoms with Gasteiger partial charge in [0.2, 0.25) is 5.91 Å². The zero-order chi connectivity index (χ0) is 15.8. The number of rotatable bonds is 8. The second-order valence-corrected chi connectivity index (χ2v) is 5.83. The van der Waals surface area contributed by atoms with Crippen molar-refractivity contribution in [3.05, 3.63) is 0 Å². The van der Waals surface area contributed by atoms with Crippen molar-refractivity contribution in [3.63, 3.8) is 0 Å². The molecule has 0 aliphatic rings. The van der Waals surface area contributed by atoms with Crippen molar-refractivity contribution in [1.82, 2.24) is 5.32 Å². The first-order valence-corrected chi connectivity index (χ1v) is 7.19. The summed E-state index contributed by atoms with van der Waals surface area (Å²) in [6.07, 6.45) is -0.992. The van der Waals surface area contributed by atoms with Crippen molar-refractivity contribution in [2.24, 2.45) is 0 Å². The third-order valence-electron chi connectivity index (χ3n) is 2.31. The van der Waals surface area contributed by atoms with Gasteiger partial charge in [0, 0.05) is 14.2 Å². The first kappa shape index (κ1) is 18.6. The van der Waals surface area contributed by atoms with Crippen molar-refractivity contribution in [1.29, 1.82) is 0 Å². The molecule has 0 radical (unpaired) electrons. The standard InChI is InChI=1S/C10H18NO8P/c1-16-9(13)5-7(10(14)17-2)11-8(12)6-20(15,18-3)19-4/h7H,5-6H2,1-4H3,(H,11,12). The summed E-state index contributed by atoms with van der Waals surface area (Å²) in [6, 6.07) is -1.23. The number of carbonyl (C=O) groups excluding carboxylic acids is 3. The Morgan fingerprint density at radius 2 is 1.60 bits per heavy atom. The highest BCUT2D eigenvalue weighted by atomic mass is 31.2. The molecule has 9 nitrogen and oxygen atoms in total. The fraction of sp³-hybridized carbons (Fsp3) is 0.700. The van der Waals surface area contributed by atoms with Gasteiger partial charge in [-0.1, -0.05) is 0 Å². The van der Waals surface area contributed by atoms with Crippen molar-refractivity contribution in [3.8, 4) is 0 Å². The Bertz CT molecular complexity index is 402. The van der Waals surface area contributed by atoms with Crippen LogP contribution in [0.3, 0.4) is 0 Å². The van der Waals surface area contributed by atoms with E-state index >= 15 is 0 Å². The van der Waals surface area contributed by atoms with E-state index in [1.807, 2.05) is 0 Å². The van der Waals surface area contributed by atoms with Gasteiger partial charge in [-0.15, -0.1) is 0 Å². The maximum absolute atomic E-state index is 11.7. The lowest BCUT2D eigenvalue weighted by Crippen LogP contribution is -2.44. The highest BCUT2D eigenvalue weighted by Crippen LogP contribution is 2.45. The monoisotopic (exact) mass is 311 g/mol. The Hall–Kier alpha value is -1.44. The van der Waals surface area contributed by atoms with E-state index in [1.54, 1.807) is 0 Å². The molecule has 0 aliphatic carbocycles. The van der Waals surface area contributed by atoms with Crippen LogP contribution < -0.4 is 5.32 Å². The van der Waals surface area contributed by atoms with Crippen LogP contribution in [0, 0.1) is 0 Å². The third-order valence-corrected chi connectivity index (χ3v) is 4.10. The van der Waals surface area contributed by atoms with E-state index in [4.69, 9.17) is 0 Å². The summed E-state index contributed by atoms with van der Waals surface area (Å²) >= 11 is 0. The molecule has 0 aromatic carbocycles. The fourth-order valence-corrected chi connectivity index (χ4v) is 2.06. The van der Waals surface area contributed by atoms with Gasteiger partial charge in [0.1, 0.15) is 12.2 Å². The maximum atomic E-state index is 11.7. The molecular formula is C10H18NO8P. The number of methoxy groups -OCH3 is 2. The molecule has 0 heterocycles. The van der Waals surface area contributed by atoms with Gasteiger partial charge in [0.25, 0.3) is 0 Å².